The summed E-state index contributed by atoms with van der Waals surface area (Å²) in [7, 11) is 0. The SMILES string of the molecule is C[C@H](NC[C@H](O)c1ccc(F)cc1)c1cccc(-n2ccnc2)c1. The van der Waals surface area contributed by atoms with Crippen molar-refractivity contribution < 1.29 is 9.50 Å². The summed E-state index contributed by atoms with van der Waals surface area (Å²) in [4.78, 5) is 4.06. The van der Waals surface area contributed by atoms with Gasteiger partial charge in [0.2, 0.25) is 0 Å². The molecule has 0 aliphatic carbocycles. The van der Waals surface area contributed by atoms with Crippen molar-refractivity contribution in [3.8, 4) is 5.69 Å². The van der Waals surface area contributed by atoms with Crippen LogP contribution in [0.4, 0.5) is 4.39 Å². The molecular weight excluding hydrogens is 305 g/mol. The second-order valence-corrected chi connectivity index (χ2v) is 5.76. The zero-order valence-corrected chi connectivity index (χ0v) is 13.4. The van der Waals surface area contributed by atoms with E-state index in [1.165, 1.54) is 12.1 Å². The number of aromatic nitrogens is 2. The largest absolute Gasteiger partial charge is 0.387 e. The molecule has 5 heteroatoms. The number of aliphatic hydroxyl groups excluding tert-OH is 1. The molecule has 0 unspecified atom stereocenters. The fraction of sp³-hybridized carbons (Fsp3) is 0.211. The van der Waals surface area contributed by atoms with E-state index in [4.69, 9.17) is 0 Å². The smallest absolute Gasteiger partial charge is 0.123 e. The minimum atomic E-state index is -0.676. The van der Waals surface area contributed by atoms with Gasteiger partial charge in [-0.1, -0.05) is 24.3 Å². The van der Waals surface area contributed by atoms with E-state index in [9.17, 15) is 9.50 Å². The molecule has 0 aliphatic heterocycles. The van der Waals surface area contributed by atoms with E-state index in [-0.39, 0.29) is 11.9 Å². The van der Waals surface area contributed by atoms with Crippen molar-refractivity contribution in [1.82, 2.24) is 14.9 Å². The number of aliphatic hydroxyl groups is 1. The molecule has 0 saturated heterocycles. The number of imidazole rings is 1. The van der Waals surface area contributed by atoms with Crippen molar-refractivity contribution in [2.75, 3.05) is 6.54 Å². The van der Waals surface area contributed by atoms with Crippen molar-refractivity contribution in [2.45, 2.75) is 19.1 Å². The molecule has 0 spiro atoms. The fourth-order valence-corrected chi connectivity index (χ4v) is 2.58. The molecule has 124 valence electrons. The minimum Gasteiger partial charge on any atom is -0.387 e. The van der Waals surface area contributed by atoms with Crippen LogP contribution in [-0.2, 0) is 0 Å². The monoisotopic (exact) mass is 325 g/mol. The fourth-order valence-electron chi connectivity index (χ4n) is 2.58. The summed E-state index contributed by atoms with van der Waals surface area (Å²) >= 11 is 0. The van der Waals surface area contributed by atoms with Crippen molar-refractivity contribution in [3.05, 3.63) is 84.2 Å². The molecule has 0 fully saturated rings. The molecule has 3 rings (SSSR count). The van der Waals surface area contributed by atoms with Crippen LogP contribution in [0, 0.1) is 5.82 Å². The van der Waals surface area contributed by atoms with E-state index in [0.29, 0.717) is 12.1 Å². The molecule has 1 aromatic heterocycles. The Morgan fingerprint density at radius 1 is 1.17 bits per heavy atom. The minimum absolute atomic E-state index is 0.0727. The highest BCUT2D eigenvalue weighted by Crippen LogP contribution is 2.18. The summed E-state index contributed by atoms with van der Waals surface area (Å²) in [5.41, 5.74) is 2.86. The van der Waals surface area contributed by atoms with Gasteiger partial charge in [-0.3, -0.25) is 0 Å². The topological polar surface area (TPSA) is 50.1 Å². The third kappa shape index (κ3) is 3.88. The molecule has 2 atom stereocenters. The second-order valence-electron chi connectivity index (χ2n) is 5.76. The number of halogens is 1. The van der Waals surface area contributed by atoms with E-state index in [1.807, 2.05) is 35.9 Å². The summed E-state index contributed by atoms with van der Waals surface area (Å²) in [5, 5.41) is 13.5. The average molecular weight is 325 g/mol. The van der Waals surface area contributed by atoms with Gasteiger partial charge in [0.1, 0.15) is 5.82 Å². The number of hydrogen-bond acceptors (Lipinski definition) is 3. The Bertz CT molecular complexity index is 772. The average Bonchev–Trinajstić information content (AvgIpc) is 3.15. The highest BCUT2D eigenvalue weighted by Gasteiger charge is 2.11. The summed E-state index contributed by atoms with van der Waals surface area (Å²) in [6.07, 6.45) is 4.73. The van der Waals surface area contributed by atoms with E-state index in [1.54, 1.807) is 24.7 Å². The Kier molecular flexibility index (Phi) is 5.03. The molecule has 3 aromatic rings. The predicted molar refractivity (Wildman–Crippen MR) is 91.3 cm³/mol. The van der Waals surface area contributed by atoms with Crippen LogP contribution >= 0.6 is 0 Å². The Balaban J connectivity index is 1.63. The lowest BCUT2D eigenvalue weighted by Crippen LogP contribution is -2.24. The lowest BCUT2D eigenvalue weighted by Gasteiger charge is -2.18. The lowest BCUT2D eigenvalue weighted by molar-refractivity contribution is 0.170. The van der Waals surface area contributed by atoms with Crippen LogP contribution in [0.25, 0.3) is 5.69 Å². The number of benzene rings is 2. The zero-order chi connectivity index (χ0) is 16.9. The molecule has 0 aliphatic rings. The van der Waals surface area contributed by atoms with Crippen molar-refractivity contribution in [1.29, 1.82) is 0 Å². The van der Waals surface area contributed by atoms with Gasteiger partial charge < -0.3 is 15.0 Å². The molecule has 0 radical (unpaired) electrons. The van der Waals surface area contributed by atoms with Gasteiger partial charge in [-0.25, -0.2) is 9.37 Å². The van der Waals surface area contributed by atoms with E-state index in [2.05, 4.69) is 16.4 Å². The maximum atomic E-state index is 12.9. The molecule has 0 saturated carbocycles. The van der Waals surface area contributed by atoms with Crippen LogP contribution in [0.2, 0.25) is 0 Å². The Labute approximate surface area is 140 Å². The third-order valence-corrected chi connectivity index (χ3v) is 4.04. The zero-order valence-electron chi connectivity index (χ0n) is 13.4. The van der Waals surface area contributed by atoms with Gasteiger partial charge in [0.05, 0.1) is 12.4 Å². The summed E-state index contributed by atoms with van der Waals surface area (Å²) in [5.74, 6) is -0.302. The van der Waals surface area contributed by atoms with Crippen molar-refractivity contribution in [2.24, 2.45) is 0 Å². The lowest BCUT2D eigenvalue weighted by atomic mass is 10.1. The molecule has 0 bridgehead atoms. The number of nitrogens with one attached hydrogen (secondary N) is 1. The summed E-state index contributed by atoms with van der Waals surface area (Å²) in [6, 6.07) is 14.1. The first-order chi connectivity index (χ1) is 11.6. The predicted octanol–water partition coefficient (Wildman–Crippen LogP) is 3.40. The van der Waals surface area contributed by atoms with Gasteiger partial charge >= 0.3 is 0 Å². The quantitative estimate of drug-likeness (QED) is 0.730. The van der Waals surface area contributed by atoms with Crippen LogP contribution in [0.1, 0.15) is 30.2 Å². The first-order valence-corrected chi connectivity index (χ1v) is 7.88. The standard InChI is InChI=1S/C19H20FN3O/c1-14(22-12-19(24)15-5-7-17(20)8-6-15)16-3-2-4-18(11-16)23-10-9-21-13-23/h2-11,13-14,19,22,24H,12H2,1H3/t14-,19-/m0/s1. The molecule has 4 nitrogen and oxygen atoms in total. The molecule has 1 heterocycles. The molecule has 2 N–H and O–H groups in total. The number of rotatable bonds is 6. The molecule has 2 aromatic carbocycles. The third-order valence-electron chi connectivity index (χ3n) is 4.04. The van der Waals surface area contributed by atoms with Gasteiger partial charge in [-0.15, -0.1) is 0 Å². The van der Waals surface area contributed by atoms with Gasteiger partial charge in [-0.2, -0.15) is 0 Å². The second kappa shape index (κ2) is 7.38. The van der Waals surface area contributed by atoms with E-state index in [0.717, 1.165) is 11.3 Å². The van der Waals surface area contributed by atoms with Crippen molar-refractivity contribution in [3.63, 3.8) is 0 Å². The van der Waals surface area contributed by atoms with Crippen LogP contribution in [0.15, 0.2) is 67.3 Å². The highest BCUT2D eigenvalue weighted by molar-refractivity contribution is 5.37. The van der Waals surface area contributed by atoms with Crippen LogP contribution in [0.5, 0.6) is 0 Å². The van der Waals surface area contributed by atoms with E-state index < -0.39 is 6.10 Å². The Morgan fingerprint density at radius 2 is 1.96 bits per heavy atom. The van der Waals surface area contributed by atoms with Crippen LogP contribution < -0.4 is 5.32 Å². The van der Waals surface area contributed by atoms with Gasteiger partial charge in [0.25, 0.3) is 0 Å². The normalized spacial score (nSPS) is 13.6. The first-order valence-electron chi connectivity index (χ1n) is 7.88. The Hall–Kier alpha value is -2.50. The summed E-state index contributed by atoms with van der Waals surface area (Å²) < 4.78 is 14.9. The molecular formula is C19H20FN3O. The Morgan fingerprint density at radius 3 is 2.67 bits per heavy atom. The van der Waals surface area contributed by atoms with Crippen molar-refractivity contribution >= 4 is 0 Å². The maximum Gasteiger partial charge on any atom is 0.123 e. The van der Waals surface area contributed by atoms with Gasteiger partial charge in [0.15, 0.2) is 0 Å². The highest BCUT2D eigenvalue weighted by atomic mass is 19.1. The van der Waals surface area contributed by atoms with Crippen LogP contribution in [-0.4, -0.2) is 21.2 Å². The van der Waals surface area contributed by atoms with Gasteiger partial charge in [-0.05, 0) is 42.3 Å². The molecule has 0 amide bonds. The van der Waals surface area contributed by atoms with Crippen LogP contribution in [0.3, 0.4) is 0 Å². The summed E-state index contributed by atoms with van der Waals surface area (Å²) in [6.45, 7) is 2.44. The molecule has 24 heavy (non-hydrogen) atoms. The van der Waals surface area contributed by atoms with E-state index >= 15 is 0 Å². The number of hydrogen-bond donors (Lipinski definition) is 2. The maximum absolute atomic E-state index is 12.9. The van der Waals surface area contributed by atoms with Gasteiger partial charge in [0, 0.05) is 30.7 Å². The first kappa shape index (κ1) is 16.4. The number of nitrogens with zero attached hydrogens (tertiary/aromatic N) is 2.